The number of rotatable bonds is 3. The third kappa shape index (κ3) is 3.13. The van der Waals surface area contributed by atoms with Gasteiger partial charge in [-0.15, -0.1) is 10.2 Å². The lowest BCUT2D eigenvalue weighted by Gasteiger charge is -2.24. The molecule has 0 bridgehead atoms. The normalized spacial score (nSPS) is 30.3. The van der Waals surface area contributed by atoms with Crippen LogP contribution in [0.3, 0.4) is 0 Å². The highest BCUT2D eigenvalue weighted by atomic mass is 16.2. The smallest absolute Gasteiger partial charge is 0.237 e. The summed E-state index contributed by atoms with van der Waals surface area (Å²) in [6.45, 7) is 1.48. The number of nitrogens with zero attached hydrogens (tertiary/aromatic N) is 3. The summed E-state index contributed by atoms with van der Waals surface area (Å²) in [5, 5.41) is 15.2. The molecular formula is C17H27N5O. The summed E-state index contributed by atoms with van der Waals surface area (Å²) in [7, 11) is 0. The Balaban J connectivity index is 1.34. The van der Waals surface area contributed by atoms with Crippen LogP contribution in [-0.2, 0) is 24.3 Å². The lowest BCUT2D eigenvalue weighted by atomic mass is 9.85. The highest BCUT2D eigenvalue weighted by molar-refractivity contribution is 5.82. The van der Waals surface area contributed by atoms with E-state index in [0.717, 1.165) is 31.0 Å². The van der Waals surface area contributed by atoms with E-state index in [4.69, 9.17) is 0 Å². The number of hydrogen-bond donors (Lipinski definition) is 2. The third-order valence-electron chi connectivity index (χ3n) is 5.79. The Bertz CT molecular complexity index is 555. The Morgan fingerprint density at radius 3 is 3.00 bits per heavy atom. The molecule has 1 aromatic rings. The zero-order valence-corrected chi connectivity index (χ0v) is 13.8. The second-order valence-corrected chi connectivity index (χ2v) is 7.32. The quantitative estimate of drug-likeness (QED) is 0.887. The molecule has 3 atom stereocenters. The number of nitrogens with one attached hydrogen (secondary N) is 2. The standard InChI is InChI=1S/C17H27N5O/c23-17(14-10-12-6-3-4-7-13(12)19-14)18-11-16-21-20-15-8-2-1-5-9-22(15)16/h12-14,19H,1-11H2,(H,18,23). The van der Waals surface area contributed by atoms with E-state index in [2.05, 4.69) is 25.4 Å². The summed E-state index contributed by atoms with van der Waals surface area (Å²) in [6, 6.07) is 0.540. The van der Waals surface area contributed by atoms with Crippen LogP contribution in [-0.4, -0.2) is 32.8 Å². The average molecular weight is 317 g/mol. The Labute approximate surface area is 137 Å². The van der Waals surface area contributed by atoms with E-state index in [0.29, 0.717) is 18.5 Å². The number of aryl methyl sites for hydroxylation is 1. The molecule has 6 nitrogen and oxygen atoms in total. The van der Waals surface area contributed by atoms with Crippen LogP contribution in [0.4, 0.5) is 0 Å². The molecule has 1 saturated heterocycles. The summed E-state index contributed by atoms with van der Waals surface area (Å²) < 4.78 is 2.20. The molecule has 126 valence electrons. The van der Waals surface area contributed by atoms with Crippen molar-refractivity contribution < 1.29 is 4.79 Å². The molecular weight excluding hydrogens is 290 g/mol. The van der Waals surface area contributed by atoms with Gasteiger partial charge in [-0.2, -0.15) is 0 Å². The SMILES string of the molecule is O=C(NCc1nnc2n1CCCCC2)C1CC2CCCCC2N1. The molecule has 3 unspecified atom stereocenters. The molecule has 1 aliphatic carbocycles. The Morgan fingerprint density at radius 1 is 1.17 bits per heavy atom. The average Bonchev–Trinajstić information content (AvgIpc) is 3.10. The molecule has 3 heterocycles. The van der Waals surface area contributed by atoms with Gasteiger partial charge in [-0.1, -0.05) is 19.3 Å². The second-order valence-electron chi connectivity index (χ2n) is 7.32. The molecule has 2 N–H and O–H groups in total. The van der Waals surface area contributed by atoms with E-state index in [1.165, 1.54) is 44.9 Å². The van der Waals surface area contributed by atoms with Gasteiger partial charge in [0.15, 0.2) is 5.82 Å². The van der Waals surface area contributed by atoms with E-state index in [1.807, 2.05) is 0 Å². The molecule has 1 amide bonds. The highest BCUT2D eigenvalue weighted by Gasteiger charge is 2.38. The fourth-order valence-electron chi connectivity index (χ4n) is 4.49. The van der Waals surface area contributed by atoms with E-state index in [-0.39, 0.29) is 11.9 Å². The van der Waals surface area contributed by atoms with Crippen molar-refractivity contribution in [1.82, 2.24) is 25.4 Å². The van der Waals surface area contributed by atoms with Crippen LogP contribution in [0.15, 0.2) is 0 Å². The predicted octanol–water partition coefficient (Wildman–Crippen LogP) is 1.54. The molecule has 1 aromatic heterocycles. The van der Waals surface area contributed by atoms with Gasteiger partial charge in [-0.05, 0) is 38.0 Å². The van der Waals surface area contributed by atoms with Crippen LogP contribution in [0.1, 0.15) is 63.0 Å². The topological polar surface area (TPSA) is 71.8 Å². The van der Waals surface area contributed by atoms with E-state index >= 15 is 0 Å². The van der Waals surface area contributed by atoms with Crippen molar-refractivity contribution in [2.75, 3.05) is 0 Å². The first kappa shape index (κ1) is 15.1. The first-order chi connectivity index (χ1) is 11.3. The number of aromatic nitrogens is 3. The molecule has 0 aromatic carbocycles. The minimum atomic E-state index is -0.0189. The lowest BCUT2D eigenvalue weighted by Crippen LogP contribution is -2.43. The van der Waals surface area contributed by atoms with Crippen molar-refractivity contribution in [2.24, 2.45) is 5.92 Å². The maximum absolute atomic E-state index is 12.5. The Hall–Kier alpha value is -1.43. The van der Waals surface area contributed by atoms with Crippen molar-refractivity contribution in [3.05, 3.63) is 11.6 Å². The Morgan fingerprint density at radius 2 is 2.09 bits per heavy atom. The van der Waals surface area contributed by atoms with E-state index in [1.54, 1.807) is 0 Å². The second kappa shape index (κ2) is 6.59. The number of carbonyl (C=O) groups excluding carboxylic acids is 1. The molecule has 2 fully saturated rings. The minimum Gasteiger partial charge on any atom is -0.347 e. The maximum Gasteiger partial charge on any atom is 0.237 e. The van der Waals surface area contributed by atoms with Crippen LogP contribution in [0.5, 0.6) is 0 Å². The van der Waals surface area contributed by atoms with Gasteiger partial charge in [0.1, 0.15) is 5.82 Å². The first-order valence-electron chi connectivity index (χ1n) is 9.26. The van der Waals surface area contributed by atoms with Gasteiger partial charge in [0.2, 0.25) is 5.91 Å². The molecule has 23 heavy (non-hydrogen) atoms. The largest absolute Gasteiger partial charge is 0.347 e. The first-order valence-corrected chi connectivity index (χ1v) is 9.26. The van der Waals surface area contributed by atoms with E-state index in [9.17, 15) is 4.79 Å². The molecule has 4 rings (SSSR count). The minimum absolute atomic E-state index is 0.0189. The summed E-state index contributed by atoms with van der Waals surface area (Å²) in [5.41, 5.74) is 0. The van der Waals surface area contributed by atoms with Crippen molar-refractivity contribution in [2.45, 2.75) is 83.0 Å². The van der Waals surface area contributed by atoms with Crippen molar-refractivity contribution in [3.8, 4) is 0 Å². The summed E-state index contributed by atoms with van der Waals surface area (Å²) >= 11 is 0. The summed E-state index contributed by atoms with van der Waals surface area (Å²) in [4.78, 5) is 12.5. The number of carbonyl (C=O) groups is 1. The fraction of sp³-hybridized carbons (Fsp3) is 0.824. The Kier molecular flexibility index (Phi) is 4.33. The van der Waals surface area contributed by atoms with Crippen molar-refractivity contribution in [3.63, 3.8) is 0 Å². The number of fused-ring (bicyclic) bond motifs is 2. The lowest BCUT2D eigenvalue weighted by molar-refractivity contribution is -0.123. The zero-order valence-electron chi connectivity index (χ0n) is 13.8. The van der Waals surface area contributed by atoms with Crippen LogP contribution in [0, 0.1) is 5.92 Å². The monoisotopic (exact) mass is 317 g/mol. The molecule has 3 aliphatic rings. The molecule has 0 spiro atoms. The van der Waals surface area contributed by atoms with Gasteiger partial charge in [-0.3, -0.25) is 4.79 Å². The van der Waals surface area contributed by atoms with Crippen LogP contribution >= 0.6 is 0 Å². The third-order valence-corrected chi connectivity index (χ3v) is 5.79. The van der Waals surface area contributed by atoms with Gasteiger partial charge in [-0.25, -0.2) is 0 Å². The van der Waals surface area contributed by atoms with Gasteiger partial charge in [0.25, 0.3) is 0 Å². The molecule has 1 saturated carbocycles. The highest BCUT2D eigenvalue weighted by Crippen LogP contribution is 2.33. The van der Waals surface area contributed by atoms with Crippen LogP contribution in [0.25, 0.3) is 0 Å². The number of amides is 1. The predicted molar refractivity (Wildman–Crippen MR) is 86.7 cm³/mol. The van der Waals surface area contributed by atoms with E-state index < -0.39 is 0 Å². The summed E-state index contributed by atoms with van der Waals surface area (Å²) in [5.74, 6) is 2.82. The zero-order chi connectivity index (χ0) is 15.6. The molecule has 2 aliphatic heterocycles. The summed E-state index contributed by atoms with van der Waals surface area (Å²) in [6.07, 6.45) is 10.8. The van der Waals surface area contributed by atoms with Crippen molar-refractivity contribution in [1.29, 1.82) is 0 Å². The maximum atomic E-state index is 12.5. The fourth-order valence-corrected chi connectivity index (χ4v) is 4.49. The van der Waals surface area contributed by atoms with Gasteiger partial charge < -0.3 is 15.2 Å². The van der Waals surface area contributed by atoms with Crippen LogP contribution < -0.4 is 10.6 Å². The van der Waals surface area contributed by atoms with Crippen molar-refractivity contribution >= 4 is 5.91 Å². The van der Waals surface area contributed by atoms with Gasteiger partial charge >= 0.3 is 0 Å². The molecule has 0 radical (unpaired) electrons. The van der Waals surface area contributed by atoms with Gasteiger partial charge in [0.05, 0.1) is 12.6 Å². The molecule has 6 heteroatoms. The van der Waals surface area contributed by atoms with Crippen LogP contribution in [0.2, 0.25) is 0 Å². The number of hydrogen-bond acceptors (Lipinski definition) is 4. The van der Waals surface area contributed by atoms with Gasteiger partial charge in [0, 0.05) is 19.0 Å².